The van der Waals surface area contributed by atoms with Gasteiger partial charge in [0, 0.05) is 12.8 Å². The fourth-order valence-electron chi connectivity index (χ4n) is 1.81. The Kier molecular flexibility index (Phi) is 3.60. The molecule has 0 aliphatic heterocycles. The number of ketones is 1. The van der Waals surface area contributed by atoms with E-state index in [1.54, 1.807) is 18.2 Å². The van der Waals surface area contributed by atoms with Gasteiger partial charge < -0.3 is 4.42 Å². The van der Waals surface area contributed by atoms with Gasteiger partial charge in [-0.2, -0.15) is 0 Å². The number of aryl methyl sites for hydroxylation is 2. The molecule has 0 spiro atoms. The molecule has 2 nitrogen and oxygen atoms in total. The van der Waals surface area contributed by atoms with Gasteiger partial charge in [0.1, 0.15) is 11.6 Å². The van der Waals surface area contributed by atoms with E-state index in [2.05, 4.69) is 0 Å². The molecular weight excluding hydrogens is 231 g/mol. The molecule has 1 aromatic carbocycles. The Labute approximate surface area is 105 Å². The molecule has 2 aromatic rings. The van der Waals surface area contributed by atoms with Gasteiger partial charge in [0.05, 0.1) is 0 Å². The normalized spacial score (nSPS) is 10.6. The van der Waals surface area contributed by atoms with Gasteiger partial charge in [-0.25, -0.2) is 4.39 Å². The van der Waals surface area contributed by atoms with Gasteiger partial charge in [0.2, 0.25) is 5.78 Å². The number of carbonyl (C=O) groups excluding carboxylic acids is 1. The van der Waals surface area contributed by atoms with Crippen LogP contribution in [0.15, 0.2) is 34.7 Å². The Morgan fingerprint density at radius 3 is 2.72 bits per heavy atom. The van der Waals surface area contributed by atoms with E-state index in [1.165, 1.54) is 12.1 Å². The zero-order valence-corrected chi connectivity index (χ0v) is 10.5. The van der Waals surface area contributed by atoms with Crippen LogP contribution < -0.4 is 0 Å². The van der Waals surface area contributed by atoms with Crippen molar-refractivity contribution in [3.63, 3.8) is 0 Å². The van der Waals surface area contributed by atoms with Crippen molar-refractivity contribution in [3.8, 4) is 0 Å². The number of benzene rings is 1. The van der Waals surface area contributed by atoms with Crippen LogP contribution in [-0.2, 0) is 12.8 Å². The first-order chi connectivity index (χ1) is 8.60. The van der Waals surface area contributed by atoms with Gasteiger partial charge in [-0.15, -0.1) is 0 Å². The molecule has 1 aromatic heterocycles. The second kappa shape index (κ2) is 5.17. The van der Waals surface area contributed by atoms with Crippen LogP contribution in [0.1, 0.15) is 34.4 Å². The molecule has 0 aliphatic carbocycles. The molecule has 0 unspecified atom stereocenters. The van der Waals surface area contributed by atoms with Gasteiger partial charge >= 0.3 is 0 Å². The summed E-state index contributed by atoms with van der Waals surface area (Å²) in [4.78, 5) is 12.0. The Balaban J connectivity index is 2.18. The first kappa shape index (κ1) is 12.6. The highest BCUT2D eigenvalue weighted by Gasteiger charge is 2.13. The summed E-state index contributed by atoms with van der Waals surface area (Å²) in [5, 5.41) is 0. The number of hydrogen-bond acceptors (Lipinski definition) is 2. The second-order valence-electron chi connectivity index (χ2n) is 4.29. The highest BCUT2D eigenvalue weighted by Crippen LogP contribution is 2.15. The molecule has 1 heterocycles. The van der Waals surface area contributed by atoms with Gasteiger partial charge in [-0.1, -0.05) is 13.0 Å². The average molecular weight is 246 g/mol. The maximum Gasteiger partial charge on any atom is 0.202 e. The number of carbonyl (C=O) groups is 1. The van der Waals surface area contributed by atoms with E-state index in [4.69, 9.17) is 4.42 Å². The van der Waals surface area contributed by atoms with Crippen molar-refractivity contribution in [2.75, 3.05) is 0 Å². The first-order valence-electron chi connectivity index (χ1n) is 5.97. The number of rotatable bonds is 4. The minimum Gasteiger partial charge on any atom is -0.458 e. The van der Waals surface area contributed by atoms with Crippen LogP contribution in [-0.4, -0.2) is 5.78 Å². The molecular formula is C15H15FO2. The van der Waals surface area contributed by atoms with Crippen molar-refractivity contribution in [2.45, 2.75) is 26.7 Å². The molecule has 2 rings (SSSR count). The summed E-state index contributed by atoms with van der Waals surface area (Å²) >= 11 is 0. The number of hydrogen-bond donors (Lipinski definition) is 0. The van der Waals surface area contributed by atoms with Crippen molar-refractivity contribution >= 4 is 5.78 Å². The van der Waals surface area contributed by atoms with Crippen LogP contribution in [0.5, 0.6) is 0 Å². The summed E-state index contributed by atoms with van der Waals surface area (Å²) in [6.07, 6.45) is 0.923. The highest BCUT2D eigenvalue weighted by molar-refractivity contribution is 5.95. The number of Topliss-reactive ketones (excluding diaryl/α,β-unsaturated/α-hetero) is 1. The lowest BCUT2D eigenvalue weighted by Gasteiger charge is -2.04. The van der Waals surface area contributed by atoms with Crippen molar-refractivity contribution < 1.29 is 13.6 Å². The lowest BCUT2D eigenvalue weighted by molar-refractivity contribution is 0.0964. The smallest absolute Gasteiger partial charge is 0.202 e. The van der Waals surface area contributed by atoms with Crippen LogP contribution in [0.25, 0.3) is 0 Å². The summed E-state index contributed by atoms with van der Waals surface area (Å²) in [6.45, 7) is 3.82. The molecule has 18 heavy (non-hydrogen) atoms. The number of halogens is 1. The van der Waals surface area contributed by atoms with Crippen LogP contribution in [0, 0.1) is 12.7 Å². The zero-order valence-electron chi connectivity index (χ0n) is 10.5. The largest absolute Gasteiger partial charge is 0.458 e. The quantitative estimate of drug-likeness (QED) is 0.770. The van der Waals surface area contributed by atoms with Crippen molar-refractivity contribution in [1.29, 1.82) is 0 Å². The molecule has 0 amide bonds. The average Bonchev–Trinajstić information content (AvgIpc) is 2.82. The predicted molar refractivity (Wildman–Crippen MR) is 67.3 cm³/mol. The topological polar surface area (TPSA) is 30.2 Å². The third kappa shape index (κ3) is 2.67. The van der Waals surface area contributed by atoms with E-state index in [9.17, 15) is 9.18 Å². The maximum atomic E-state index is 13.1. The summed E-state index contributed by atoms with van der Waals surface area (Å²) < 4.78 is 18.5. The van der Waals surface area contributed by atoms with Gasteiger partial charge in [-0.05, 0) is 42.3 Å². The van der Waals surface area contributed by atoms with Crippen LogP contribution in [0.2, 0.25) is 0 Å². The van der Waals surface area contributed by atoms with Crippen LogP contribution in [0.3, 0.4) is 0 Å². The molecule has 0 saturated carbocycles. The Bertz CT molecular complexity index is 570. The minimum absolute atomic E-state index is 0.122. The summed E-state index contributed by atoms with van der Waals surface area (Å²) in [7, 11) is 0. The Hall–Kier alpha value is -1.90. The van der Waals surface area contributed by atoms with E-state index in [1.807, 2.05) is 13.8 Å². The minimum atomic E-state index is -0.322. The van der Waals surface area contributed by atoms with Crippen LogP contribution in [0.4, 0.5) is 4.39 Å². The predicted octanol–water partition coefficient (Wildman–Crippen LogP) is 3.71. The standard InChI is InChI=1S/C15H15FO2/c1-3-13-6-7-15(18-13)14(17)9-11-8-12(16)5-4-10(11)2/h4-8H,3,9H2,1-2H3. The lowest BCUT2D eigenvalue weighted by atomic mass is 10.0. The second-order valence-corrected chi connectivity index (χ2v) is 4.29. The van der Waals surface area contributed by atoms with Gasteiger partial charge in [0.25, 0.3) is 0 Å². The number of furan rings is 1. The van der Waals surface area contributed by atoms with Crippen LogP contribution >= 0.6 is 0 Å². The molecule has 0 bridgehead atoms. The van der Waals surface area contributed by atoms with E-state index in [0.29, 0.717) is 11.3 Å². The molecule has 0 fully saturated rings. The first-order valence-corrected chi connectivity index (χ1v) is 5.97. The Morgan fingerprint density at radius 1 is 1.28 bits per heavy atom. The monoisotopic (exact) mass is 246 g/mol. The summed E-state index contributed by atoms with van der Waals surface area (Å²) in [5.74, 6) is 0.685. The lowest BCUT2D eigenvalue weighted by Crippen LogP contribution is -2.04. The molecule has 0 radical (unpaired) electrons. The van der Waals surface area contributed by atoms with E-state index < -0.39 is 0 Å². The molecule has 3 heteroatoms. The third-order valence-corrected chi connectivity index (χ3v) is 2.95. The summed E-state index contributed by atoms with van der Waals surface area (Å²) in [6, 6.07) is 7.95. The highest BCUT2D eigenvalue weighted by atomic mass is 19.1. The van der Waals surface area contributed by atoms with E-state index in [-0.39, 0.29) is 18.0 Å². The molecule has 0 aliphatic rings. The fourth-order valence-corrected chi connectivity index (χ4v) is 1.81. The third-order valence-electron chi connectivity index (χ3n) is 2.95. The molecule has 0 saturated heterocycles. The zero-order chi connectivity index (χ0) is 13.1. The van der Waals surface area contributed by atoms with Crippen molar-refractivity contribution in [1.82, 2.24) is 0 Å². The summed E-state index contributed by atoms with van der Waals surface area (Å²) in [5.41, 5.74) is 1.61. The SMILES string of the molecule is CCc1ccc(C(=O)Cc2cc(F)ccc2C)o1. The van der Waals surface area contributed by atoms with Gasteiger partial charge in [0.15, 0.2) is 5.76 Å². The van der Waals surface area contributed by atoms with Gasteiger partial charge in [-0.3, -0.25) is 4.79 Å². The maximum absolute atomic E-state index is 13.1. The van der Waals surface area contributed by atoms with Crippen molar-refractivity contribution in [2.24, 2.45) is 0 Å². The Morgan fingerprint density at radius 2 is 2.06 bits per heavy atom. The molecule has 0 N–H and O–H groups in total. The van der Waals surface area contributed by atoms with E-state index >= 15 is 0 Å². The molecule has 94 valence electrons. The van der Waals surface area contributed by atoms with Crippen molar-refractivity contribution in [3.05, 3.63) is 58.8 Å². The van der Waals surface area contributed by atoms with E-state index in [0.717, 1.165) is 17.7 Å². The fraction of sp³-hybridized carbons (Fsp3) is 0.267. The molecule has 0 atom stereocenters.